The van der Waals surface area contributed by atoms with E-state index in [0.29, 0.717) is 17.9 Å². The lowest BCUT2D eigenvalue weighted by molar-refractivity contribution is 0.0659. The van der Waals surface area contributed by atoms with Gasteiger partial charge in [0.1, 0.15) is 5.76 Å². The third kappa shape index (κ3) is 2.14. The first-order chi connectivity index (χ1) is 9.56. The van der Waals surface area contributed by atoms with Gasteiger partial charge in [0.05, 0.1) is 6.54 Å². The number of fused-ring (bicyclic) bond motifs is 1. The van der Waals surface area contributed by atoms with E-state index in [-0.39, 0.29) is 5.76 Å². The van der Waals surface area contributed by atoms with Gasteiger partial charge in [-0.3, -0.25) is 0 Å². The summed E-state index contributed by atoms with van der Waals surface area (Å²) in [5.41, 5.74) is 1.72. The summed E-state index contributed by atoms with van der Waals surface area (Å²) in [4.78, 5) is 11.0. The van der Waals surface area contributed by atoms with Crippen LogP contribution < -0.4 is 0 Å². The van der Waals surface area contributed by atoms with Gasteiger partial charge in [-0.2, -0.15) is 0 Å². The van der Waals surface area contributed by atoms with E-state index in [1.54, 1.807) is 13.0 Å². The summed E-state index contributed by atoms with van der Waals surface area (Å²) in [5, 5.41) is 10.1. The quantitative estimate of drug-likeness (QED) is 0.786. The Labute approximate surface area is 123 Å². The lowest BCUT2D eigenvalue weighted by Gasteiger charge is -2.03. The number of benzene rings is 1. The molecular weight excluding hydrogens is 322 g/mol. The van der Waals surface area contributed by atoms with Gasteiger partial charge in [0.15, 0.2) is 0 Å². The average molecular weight is 334 g/mol. The van der Waals surface area contributed by atoms with Crippen LogP contribution in [0.25, 0.3) is 10.9 Å². The number of carbonyl (C=O) groups is 1. The van der Waals surface area contributed by atoms with Crippen molar-refractivity contribution < 1.29 is 14.3 Å². The average Bonchev–Trinajstić information content (AvgIpc) is 2.95. The Balaban J connectivity index is 1.99. The van der Waals surface area contributed by atoms with Crippen molar-refractivity contribution in [3.63, 3.8) is 0 Å². The number of hydrogen-bond donors (Lipinski definition) is 1. The molecule has 0 aliphatic carbocycles. The molecule has 0 amide bonds. The number of rotatable bonds is 3. The number of aromatic nitrogens is 1. The lowest BCUT2D eigenvalue weighted by atomic mass is 10.2. The van der Waals surface area contributed by atoms with E-state index in [4.69, 9.17) is 9.52 Å². The highest BCUT2D eigenvalue weighted by molar-refractivity contribution is 9.10. The summed E-state index contributed by atoms with van der Waals surface area (Å²) in [6, 6.07) is 9.78. The molecule has 0 spiro atoms. The molecule has 0 saturated carbocycles. The minimum absolute atomic E-state index is 0.0117. The molecule has 0 aliphatic rings. The van der Waals surface area contributed by atoms with Crippen LogP contribution in [0.15, 0.2) is 45.4 Å². The molecule has 0 fully saturated rings. The molecule has 0 atom stereocenters. The topological polar surface area (TPSA) is 55.4 Å². The van der Waals surface area contributed by atoms with Gasteiger partial charge in [0.2, 0.25) is 5.76 Å². The molecule has 0 unspecified atom stereocenters. The van der Waals surface area contributed by atoms with Gasteiger partial charge in [-0.25, -0.2) is 4.79 Å². The summed E-state index contributed by atoms with van der Waals surface area (Å²) in [7, 11) is 0. The summed E-state index contributed by atoms with van der Waals surface area (Å²) in [6.07, 6.45) is 1.97. The molecule has 20 heavy (non-hydrogen) atoms. The molecule has 1 N–H and O–H groups in total. The predicted octanol–water partition coefficient (Wildman–Crippen LogP) is 4.05. The maximum atomic E-state index is 11.0. The van der Waals surface area contributed by atoms with E-state index >= 15 is 0 Å². The summed E-state index contributed by atoms with van der Waals surface area (Å²) >= 11 is 3.52. The maximum Gasteiger partial charge on any atom is 0.372 e. The Morgan fingerprint density at radius 3 is 2.90 bits per heavy atom. The van der Waals surface area contributed by atoms with E-state index in [0.717, 1.165) is 15.4 Å². The number of nitrogens with zero attached hydrogens (tertiary/aromatic N) is 1. The van der Waals surface area contributed by atoms with E-state index < -0.39 is 5.97 Å². The molecule has 3 aromatic rings. The number of carboxylic acid groups (broad SMARTS) is 1. The highest BCUT2D eigenvalue weighted by Gasteiger charge is 2.15. The predicted molar refractivity (Wildman–Crippen MR) is 79.1 cm³/mol. The van der Waals surface area contributed by atoms with E-state index in [2.05, 4.69) is 15.9 Å². The number of hydrogen-bond acceptors (Lipinski definition) is 2. The minimum Gasteiger partial charge on any atom is -0.475 e. The van der Waals surface area contributed by atoms with Crippen LogP contribution in [0.4, 0.5) is 0 Å². The summed E-state index contributed by atoms with van der Waals surface area (Å²) < 4.78 is 8.47. The Morgan fingerprint density at radius 1 is 1.40 bits per heavy atom. The normalized spacial score (nSPS) is 11.1. The molecule has 1 aromatic carbocycles. The zero-order valence-electron chi connectivity index (χ0n) is 10.8. The molecule has 102 valence electrons. The zero-order chi connectivity index (χ0) is 14.3. The van der Waals surface area contributed by atoms with Crippen molar-refractivity contribution in [3.05, 3.63) is 58.1 Å². The zero-order valence-corrected chi connectivity index (χ0v) is 12.3. The van der Waals surface area contributed by atoms with Gasteiger partial charge in [-0.1, -0.05) is 22.0 Å². The van der Waals surface area contributed by atoms with Crippen LogP contribution in [0.3, 0.4) is 0 Å². The molecule has 0 bridgehead atoms. The van der Waals surface area contributed by atoms with Crippen LogP contribution in [-0.2, 0) is 6.54 Å². The second-order valence-electron chi connectivity index (χ2n) is 4.65. The highest BCUT2D eigenvalue weighted by Crippen LogP contribution is 2.26. The first kappa shape index (κ1) is 13.0. The monoisotopic (exact) mass is 333 g/mol. The molecule has 5 heteroatoms. The fraction of sp³-hybridized carbons (Fsp3) is 0.133. The van der Waals surface area contributed by atoms with Crippen molar-refractivity contribution in [2.75, 3.05) is 0 Å². The Bertz CT molecular complexity index is 801. The molecule has 2 aromatic heterocycles. The van der Waals surface area contributed by atoms with Crippen LogP contribution in [0.2, 0.25) is 0 Å². The molecule has 0 radical (unpaired) electrons. The van der Waals surface area contributed by atoms with E-state index in [1.165, 1.54) is 0 Å². The van der Waals surface area contributed by atoms with Gasteiger partial charge >= 0.3 is 5.97 Å². The first-order valence-electron chi connectivity index (χ1n) is 6.12. The standard InChI is InChI=1S/C15H12BrNO3/c1-9-7-10(20-14(9)15(18)19)8-17-6-5-11-12(16)3-2-4-13(11)17/h2-7H,8H2,1H3,(H,18,19). The van der Waals surface area contributed by atoms with Crippen LogP contribution >= 0.6 is 15.9 Å². The molecule has 0 aliphatic heterocycles. The van der Waals surface area contributed by atoms with E-state index in [9.17, 15) is 4.79 Å². The number of carboxylic acids is 1. The Hall–Kier alpha value is -2.01. The summed E-state index contributed by atoms with van der Waals surface area (Å²) in [5.74, 6) is -0.385. The number of furan rings is 1. The largest absolute Gasteiger partial charge is 0.475 e. The molecule has 4 nitrogen and oxygen atoms in total. The van der Waals surface area contributed by atoms with Crippen molar-refractivity contribution in [1.29, 1.82) is 0 Å². The first-order valence-corrected chi connectivity index (χ1v) is 6.91. The molecule has 0 saturated heterocycles. The second-order valence-corrected chi connectivity index (χ2v) is 5.50. The van der Waals surface area contributed by atoms with Crippen molar-refractivity contribution in [2.24, 2.45) is 0 Å². The number of aromatic carboxylic acids is 1. The summed E-state index contributed by atoms with van der Waals surface area (Å²) in [6.45, 7) is 2.24. The smallest absolute Gasteiger partial charge is 0.372 e. The molecule has 3 rings (SSSR count). The van der Waals surface area contributed by atoms with Crippen LogP contribution in [0.5, 0.6) is 0 Å². The Morgan fingerprint density at radius 2 is 2.20 bits per heavy atom. The van der Waals surface area contributed by atoms with E-state index in [1.807, 2.05) is 35.0 Å². The highest BCUT2D eigenvalue weighted by atomic mass is 79.9. The van der Waals surface area contributed by atoms with Crippen LogP contribution in [0.1, 0.15) is 21.9 Å². The second kappa shape index (κ2) is 4.83. The fourth-order valence-corrected chi connectivity index (χ4v) is 2.82. The molecule has 2 heterocycles. The van der Waals surface area contributed by atoms with Crippen molar-refractivity contribution in [2.45, 2.75) is 13.5 Å². The maximum absolute atomic E-state index is 11.0. The lowest BCUT2D eigenvalue weighted by Crippen LogP contribution is -1.97. The van der Waals surface area contributed by atoms with Crippen LogP contribution in [0, 0.1) is 6.92 Å². The Kier molecular flexibility index (Phi) is 3.14. The van der Waals surface area contributed by atoms with Gasteiger partial charge in [-0.05, 0) is 31.2 Å². The molecular formula is C15H12BrNO3. The fourth-order valence-electron chi connectivity index (χ4n) is 2.33. The number of halogens is 1. The van der Waals surface area contributed by atoms with Crippen LogP contribution in [-0.4, -0.2) is 15.6 Å². The third-order valence-corrected chi connectivity index (χ3v) is 3.94. The van der Waals surface area contributed by atoms with Gasteiger partial charge in [0.25, 0.3) is 0 Å². The van der Waals surface area contributed by atoms with Crippen molar-refractivity contribution in [1.82, 2.24) is 4.57 Å². The van der Waals surface area contributed by atoms with Gasteiger partial charge < -0.3 is 14.1 Å². The third-order valence-electron chi connectivity index (χ3n) is 3.25. The number of aryl methyl sites for hydroxylation is 1. The van der Waals surface area contributed by atoms with Crippen molar-refractivity contribution in [3.8, 4) is 0 Å². The minimum atomic E-state index is -1.03. The SMILES string of the molecule is Cc1cc(Cn2ccc3c(Br)cccc32)oc1C(=O)O. The van der Waals surface area contributed by atoms with Gasteiger partial charge in [0, 0.05) is 27.1 Å². The van der Waals surface area contributed by atoms with Gasteiger partial charge in [-0.15, -0.1) is 0 Å². The van der Waals surface area contributed by atoms with Crippen molar-refractivity contribution >= 4 is 32.8 Å².